The predicted molar refractivity (Wildman–Crippen MR) is 61.7 cm³/mol. The molecule has 0 rings (SSSR count). The molecule has 0 unspecified atom stereocenters. The van der Waals surface area contributed by atoms with Gasteiger partial charge < -0.3 is 30.3 Å². The van der Waals surface area contributed by atoms with Gasteiger partial charge in [0.1, 0.15) is 13.1 Å². The van der Waals surface area contributed by atoms with Gasteiger partial charge in [0.25, 0.3) is 0 Å². The van der Waals surface area contributed by atoms with Crippen molar-refractivity contribution in [1.29, 1.82) is 0 Å². The summed E-state index contributed by atoms with van der Waals surface area (Å²) in [5, 5.41) is 20.4. The van der Waals surface area contributed by atoms with Crippen molar-refractivity contribution in [2.75, 3.05) is 26.3 Å². The van der Waals surface area contributed by atoms with Crippen LogP contribution in [0.3, 0.4) is 0 Å². The van der Waals surface area contributed by atoms with Gasteiger partial charge in [-0.25, -0.2) is 9.59 Å². The molecular weight excluding hydrogens is 276 g/mol. The zero-order chi connectivity index (χ0) is 15.4. The van der Waals surface area contributed by atoms with Gasteiger partial charge in [0, 0.05) is 0 Å². The topological polar surface area (TPSA) is 151 Å². The molecule has 0 aromatic heterocycles. The maximum atomic E-state index is 10.8. The molecule has 0 heterocycles. The fourth-order valence-corrected chi connectivity index (χ4v) is 0.703. The molecule has 0 fully saturated rings. The molecule has 0 spiro atoms. The van der Waals surface area contributed by atoms with E-state index in [-0.39, 0.29) is 13.2 Å². The third-order valence-electron chi connectivity index (χ3n) is 1.44. The summed E-state index contributed by atoms with van der Waals surface area (Å²) < 4.78 is 8.92. The summed E-state index contributed by atoms with van der Waals surface area (Å²) in [7, 11) is 0. The van der Waals surface area contributed by atoms with Crippen LogP contribution in [0, 0.1) is 11.8 Å². The second-order valence-corrected chi connectivity index (χ2v) is 3.00. The fraction of sp³-hybridized carbons (Fsp3) is 0.400. The number of carbonyl (C=O) groups excluding carboxylic acids is 2. The number of hydrogen-bond acceptors (Lipinski definition) is 6. The van der Waals surface area contributed by atoms with Crippen molar-refractivity contribution in [2.24, 2.45) is 0 Å². The van der Waals surface area contributed by atoms with Crippen LogP contribution < -0.4 is 10.6 Å². The van der Waals surface area contributed by atoms with E-state index in [0.717, 1.165) is 0 Å². The van der Waals surface area contributed by atoms with Crippen LogP contribution in [0.5, 0.6) is 0 Å². The van der Waals surface area contributed by atoms with Gasteiger partial charge in [-0.1, -0.05) is 11.8 Å². The number of carboxylic acids is 2. The van der Waals surface area contributed by atoms with E-state index in [0.29, 0.717) is 0 Å². The average molecular weight is 288 g/mol. The Morgan fingerprint density at radius 3 is 1.45 bits per heavy atom. The zero-order valence-electron chi connectivity index (χ0n) is 10.2. The first-order valence-electron chi connectivity index (χ1n) is 5.12. The summed E-state index contributed by atoms with van der Waals surface area (Å²) in [6, 6.07) is 0. The number of carboxylic acid groups (broad SMARTS) is 2. The highest BCUT2D eigenvalue weighted by Gasteiger charge is 2.03. The van der Waals surface area contributed by atoms with Crippen molar-refractivity contribution in [3.63, 3.8) is 0 Å². The van der Waals surface area contributed by atoms with Gasteiger partial charge in [-0.15, -0.1) is 0 Å². The summed E-state index contributed by atoms with van der Waals surface area (Å²) in [4.78, 5) is 41.8. The lowest BCUT2D eigenvalue weighted by Crippen LogP contribution is -2.30. The highest BCUT2D eigenvalue weighted by molar-refractivity contribution is 5.77. The molecule has 20 heavy (non-hydrogen) atoms. The Morgan fingerprint density at radius 1 is 0.800 bits per heavy atom. The van der Waals surface area contributed by atoms with E-state index in [1.165, 1.54) is 0 Å². The van der Waals surface area contributed by atoms with Crippen LogP contribution in [0.1, 0.15) is 0 Å². The van der Waals surface area contributed by atoms with Crippen molar-refractivity contribution in [3.8, 4) is 11.8 Å². The Labute approximate surface area is 113 Å². The molecule has 2 amide bonds. The molecule has 10 nitrogen and oxygen atoms in total. The summed E-state index contributed by atoms with van der Waals surface area (Å²) in [5.41, 5.74) is 0. The SMILES string of the molecule is O=C(O)CNC(=O)OCC#CCOC(=O)NCC(=O)O. The normalized spacial score (nSPS) is 8.60. The minimum atomic E-state index is -1.21. The second-order valence-electron chi connectivity index (χ2n) is 3.00. The molecule has 0 aromatic carbocycles. The lowest BCUT2D eigenvalue weighted by molar-refractivity contribution is -0.136. The van der Waals surface area contributed by atoms with Gasteiger partial charge in [0.2, 0.25) is 0 Å². The van der Waals surface area contributed by atoms with E-state index < -0.39 is 37.2 Å². The third kappa shape index (κ3) is 11.5. The van der Waals surface area contributed by atoms with E-state index >= 15 is 0 Å². The third-order valence-corrected chi connectivity index (χ3v) is 1.44. The maximum Gasteiger partial charge on any atom is 0.408 e. The molecule has 4 N–H and O–H groups in total. The largest absolute Gasteiger partial charge is 0.480 e. The molecule has 0 saturated heterocycles. The molecule has 10 heteroatoms. The minimum Gasteiger partial charge on any atom is -0.480 e. The highest BCUT2D eigenvalue weighted by Crippen LogP contribution is 1.78. The standard InChI is InChI=1S/C10H12N2O8/c13-7(14)5-11-9(17)19-3-1-2-4-20-10(18)12-6-8(15)16/h3-6H2,(H,11,17)(H,12,18)(H,13,14)(H,15,16). The van der Waals surface area contributed by atoms with Crippen molar-refractivity contribution in [3.05, 3.63) is 0 Å². The van der Waals surface area contributed by atoms with Crippen LogP contribution in [-0.2, 0) is 19.1 Å². The lowest BCUT2D eigenvalue weighted by atomic mass is 10.6. The number of rotatable bonds is 6. The van der Waals surface area contributed by atoms with E-state index in [1.54, 1.807) is 0 Å². The van der Waals surface area contributed by atoms with Gasteiger partial charge >= 0.3 is 24.1 Å². The number of aliphatic carboxylic acids is 2. The van der Waals surface area contributed by atoms with Gasteiger partial charge in [-0.05, 0) is 0 Å². The van der Waals surface area contributed by atoms with Gasteiger partial charge in [-0.2, -0.15) is 0 Å². The molecule has 0 aliphatic rings. The van der Waals surface area contributed by atoms with Crippen molar-refractivity contribution in [2.45, 2.75) is 0 Å². The molecule has 0 bridgehead atoms. The van der Waals surface area contributed by atoms with E-state index in [9.17, 15) is 19.2 Å². The summed E-state index contributed by atoms with van der Waals surface area (Å²) >= 11 is 0. The Balaban J connectivity index is 3.63. The molecule has 0 saturated carbocycles. The van der Waals surface area contributed by atoms with Crippen molar-refractivity contribution in [1.82, 2.24) is 10.6 Å². The Hall–Kier alpha value is -2.96. The molecule has 110 valence electrons. The predicted octanol–water partition coefficient (Wildman–Crippen LogP) is -1.39. The maximum absolute atomic E-state index is 10.8. The van der Waals surface area contributed by atoms with Crippen molar-refractivity contribution < 1.29 is 38.9 Å². The van der Waals surface area contributed by atoms with E-state index in [1.807, 2.05) is 10.6 Å². The van der Waals surface area contributed by atoms with Crippen LogP contribution >= 0.6 is 0 Å². The minimum absolute atomic E-state index is 0.314. The van der Waals surface area contributed by atoms with E-state index in [2.05, 4.69) is 21.3 Å². The molecule has 0 aliphatic carbocycles. The van der Waals surface area contributed by atoms with Gasteiger partial charge in [0.05, 0.1) is 0 Å². The van der Waals surface area contributed by atoms with Crippen LogP contribution in [0.15, 0.2) is 0 Å². The van der Waals surface area contributed by atoms with E-state index in [4.69, 9.17) is 10.2 Å². The van der Waals surface area contributed by atoms with Gasteiger partial charge in [0.15, 0.2) is 13.2 Å². The smallest absolute Gasteiger partial charge is 0.408 e. The number of ether oxygens (including phenoxy) is 2. The Kier molecular flexibility index (Phi) is 8.53. The quantitative estimate of drug-likeness (QED) is 0.436. The average Bonchev–Trinajstić information content (AvgIpc) is 2.37. The lowest BCUT2D eigenvalue weighted by Gasteiger charge is -2.01. The van der Waals surface area contributed by atoms with Crippen LogP contribution in [-0.4, -0.2) is 60.6 Å². The van der Waals surface area contributed by atoms with Crippen molar-refractivity contribution >= 4 is 24.1 Å². The molecule has 0 aliphatic heterocycles. The highest BCUT2D eigenvalue weighted by atomic mass is 16.6. The first-order chi connectivity index (χ1) is 9.41. The number of nitrogens with one attached hydrogen (secondary N) is 2. The summed E-state index contributed by atoms with van der Waals surface area (Å²) in [6.07, 6.45) is -1.89. The van der Waals surface area contributed by atoms with Gasteiger partial charge in [-0.3, -0.25) is 9.59 Å². The number of hydrogen-bond donors (Lipinski definition) is 4. The molecule has 0 aromatic rings. The zero-order valence-corrected chi connectivity index (χ0v) is 10.2. The van der Waals surface area contributed by atoms with Crippen LogP contribution in [0.2, 0.25) is 0 Å². The molecular formula is C10H12N2O8. The molecule has 0 radical (unpaired) electrons. The summed E-state index contributed by atoms with van der Waals surface area (Å²) in [5.74, 6) is 2.22. The second kappa shape index (κ2) is 10.0. The number of carbonyl (C=O) groups is 4. The van der Waals surface area contributed by atoms with Crippen LogP contribution in [0.4, 0.5) is 9.59 Å². The number of alkyl carbamates (subject to hydrolysis) is 2. The first kappa shape index (κ1) is 17.0. The van der Waals surface area contributed by atoms with Crippen LogP contribution in [0.25, 0.3) is 0 Å². The fourth-order valence-electron chi connectivity index (χ4n) is 0.703. The first-order valence-corrected chi connectivity index (χ1v) is 5.12. The molecule has 0 atom stereocenters. The Morgan fingerprint density at radius 2 is 1.15 bits per heavy atom. The summed E-state index contributed by atoms with van der Waals surface area (Å²) in [6.45, 7) is -1.77. The monoisotopic (exact) mass is 288 g/mol. The Bertz CT molecular complexity index is 398. The number of amides is 2.